The first-order valence-corrected chi connectivity index (χ1v) is 10.6. The average molecular weight is 318 g/mol. The van der Waals surface area contributed by atoms with Crippen molar-refractivity contribution in [3.05, 3.63) is 0 Å². The average Bonchev–Trinajstić information content (AvgIpc) is 2.71. The summed E-state index contributed by atoms with van der Waals surface area (Å²) in [4.78, 5) is 0. The molecule has 5 nitrogen and oxygen atoms in total. The van der Waals surface area contributed by atoms with E-state index in [0.717, 1.165) is 0 Å². The molecule has 0 radical (unpaired) electrons. The van der Waals surface area contributed by atoms with Crippen LogP contribution in [0.25, 0.3) is 0 Å². The van der Waals surface area contributed by atoms with Crippen LogP contribution >= 0.6 is 0 Å². The molecule has 1 saturated heterocycles. The highest BCUT2D eigenvalue weighted by Gasteiger charge is 2.60. The van der Waals surface area contributed by atoms with E-state index >= 15 is 0 Å². The van der Waals surface area contributed by atoms with Gasteiger partial charge in [0.15, 0.2) is 14.1 Å². The van der Waals surface area contributed by atoms with Crippen LogP contribution in [0.15, 0.2) is 0 Å². The summed E-state index contributed by atoms with van der Waals surface area (Å²) >= 11 is 0. The topological polar surface area (TPSA) is 68.2 Å². The normalized spacial score (nSPS) is 39.6. The maximum Gasteiger partial charge on any atom is 0.192 e. The summed E-state index contributed by atoms with van der Waals surface area (Å²) in [7, 11) is -2.04. The van der Waals surface area contributed by atoms with Gasteiger partial charge in [-0.25, -0.2) is 0 Å². The summed E-state index contributed by atoms with van der Waals surface area (Å²) in [5.74, 6) is -1.05. The maximum atomic E-state index is 10.5. The summed E-state index contributed by atoms with van der Waals surface area (Å²) in [6.45, 7) is 14.4. The van der Waals surface area contributed by atoms with E-state index in [1.54, 1.807) is 0 Å². The molecule has 2 N–H and O–H groups in total. The Morgan fingerprint density at radius 1 is 1.14 bits per heavy atom. The second-order valence-electron chi connectivity index (χ2n) is 8.24. The van der Waals surface area contributed by atoms with E-state index in [4.69, 9.17) is 13.9 Å². The summed E-state index contributed by atoms with van der Waals surface area (Å²) in [6.07, 6.45) is -1.82. The van der Waals surface area contributed by atoms with Gasteiger partial charge < -0.3 is 24.1 Å². The highest BCUT2D eigenvalue weighted by molar-refractivity contribution is 6.74. The first-order valence-electron chi connectivity index (χ1n) is 7.72. The van der Waals surface area contributed by atoms with Crippen molar-refractivity contribution >= 4 is 8.32 Å². The van der Waals surface area contributed by atoms with Gasteiger partial charge in [-0.15, -0.1) is 0 Å². The minimum absolute atomic E-state index is 0.0501. The van der Waals surface area contributed by atoms with Gasteiger partial charge in [-0.3, -0.25) is 0 Å². The zero-order chi connectivity index (χ0) is 16.2. The largest absolute Gasteiger partial charge is 0.409 e. The molecule has 0 aromatic heterocycles. The van der Waals surface area contributed by atoms with E-state index < -0.39 is 26.3 Å². The molecule has 21 heavy (non-hydrogen) atoms. The Labute approximate surface area is 128 Å². The summed E-state index contributed by atoms with van der Waals surface area (Å²) in [5, 5.41) is 20.2. The maximum absolute atomic E-state index is 10.5. The fraction of sp³-hybridized carbons (Fsp3) is 1.00. The SMILES string of the molecule is CC1(C)O[C@@H]2[C@H](O1)[C@@H](CO)[C@H](O)[C@@H]2O[Si](C)(C)C(C)(C)C. The van der Waals surface area contributed by atoms with Crippen molar-refractivity contribution in [1.82, 2.24) is 0 Å². The number of rotatable bonds is 3. The molecule has 1 heterocycles. The van der Waals surface area contributed by atoms with Crippen LogP contribution in [0.5, 0.6) is 0 Å². The highest BCUT2D eigenvalue weighted by Crippen LogP contribution is 2.46. The number of fused-ring (bicyclic) bond motifs is 1. The second kappa shape index (κ2) is 5.28. The number of aliphatic hydroxyl groups is 2. The van der Waals surface area contributed by atoms with Gasteiger partial charge in [0.2, 0.25) is 0 Å². The molecule has 0 spiro atoms. The molecule has 2 aliphatic rings. The first kappa shape index (κ1) is 17.4. The molecule has 2 fully saturated rings. The number of aliphatic hydroxyl groups excluding tert-OH is 2. The number of ether oxygens (including phenoxy) is 2. The van der Waals surface area contributed by atoms with Gasteiger partial charge in [-0.2, -0.15) is 0 Å². The Hall–Kier alpha value is 0.0169. The highest BCUT2D eigenvalue weighted by atomic mass is 28.4. The Bertz CT molecular complexity index is 390. The van der Waals surface area contributed by atoms with E-state index in [-0.39, 0.29) is 29.8 Å². The number of hydrogen-bond acceptors (Lipinski definition) is 5. The van der Waals surface area contributed by atoms with Gasteiger partial charge in [0.1, 0.15) is 12.2 Å². The zero-order valence-electron chi connectivity index (χ0n) is 14.2. The third-order valence-corrected chi connectivity index (χ3v) is 9.61. The monoisotopic (exact) mass is 318 g/mol. The lowest BCUT2D eigenvalue weighted by molar-refractivity contribution is -0.181. The van der Waals surface area contributed by atoms with Crippen LogP contribution in [-0.2, 0) is 13.9 Å². The molecule has 0 amide bonds. The van der Waals surface area contributed by atoms with Crippen molar-refractivity contribution in [1.29, 1.82) is 0 Å². The minimum Gasteiger partial charge on any atom is -0.409 e. The van der Waals surface area contributed by atoms with Crippen LogP contribution < -0.4 is 0 Å². The fourth-order valence-electron chi connectivity index (χ4n) is 2.90. The molecular weight excluding hydrogens is 288 g/mol. The third kappa shape index (κ3) is 3.07. The van der Waals surface area contributed by atoms with Crippen LogP contribution in [0.3, 0.4) is 0 Å². The first-order chi connectivity index (χ1) is 9.39. The molecule has 0 aromatic carbocycles. The van der Waals surface area contributed by atoms with Gasteiger partial charge in [-0.1, -0.05) is 20.8 Å². The van der Waals surface area contributed by atoms with Gasteiger partial charge >= 0.3 is 0 Å². The Kier molecular flexibility index (Phi) is 4.37. The van der Waals surface area contributed by atoms with Crippen LogP contribution in [0.2, 0.25) is 18.1 Å². The van der Waals surface area contributed by atoms with Crippen LogP contribution in [0.4, 0.5) is 0 Å². The smallest absolute Gasteiger partial charge is 0.192 e. The Morgan fingerprint density at radius 2 is 1.67 bits per heavy atom. The quantitative estimate of drug-likeness (QED) is 0.778. The molecule has 0 unspecified atom stereocenters. The van der Waals surface area contributed by atoms with E-state index in [1.165, 1.54) is 0 Å². The van der Waals surface area contributed by atoms with Crippen molar-refractivity contribution in [2.75, 3.05) is 6.61 Å². The van der Waals surface area contributed by atoms with Gasteiger partial charge in [0, 0.05) is 5.92 Å². The molecule has 124 valence electrons. The molecular formula is C15H30O5Si. The second-order valence-corrected chi connectivity index (χ2v) is 13.0. The molecule has 6 heteroatoms. The molecule has 2 rings (SSSR count). The Balaban J connectivity index is 2.23. The number of hydrogen-bond donors (Lipinski definition) is 2. The molecule has 5 atom stereocenters. The van der Waals surface area contributed by atoms with E-state index in [0.29, 0.717) is 0 Å². The predicted molar refractivity (Wildman–Crippen MR) is 82.5 cm³/mol. The van der Waals surface area contributed by atoms with E-state index in [9.17, 15) is 10.2 Å². The zero-order valence-corrected chi connectivity index (χ0v) is 15.2. The lowest BCUT2D eigenvalue weighted by Crippen LogP contribution is -2.50. The van der Waals surface area contributed by atoms with E-state index in [2.05, 4.69) is 33.9 Å². The molecule has 0 aromatic rings. The van der Waals surface area contributed by atoms with Crippen molar-refractivity contribution in [3.8, 4) is 0 Å². The minimum atomic E-state index is -2.04. The molecule has 1 aliphatic heterocycles. The standard InChI is InChI=1S/C15H30O5Si/c1-14(2,3)21(6,7)20-12-10(17)9(8-16)11-13(12)19-15(4,5)18-11/h9-13,16-17H,8H2,1-7H3/t9-,10-,11+,12-,13+/m0/s1. The van der Waals surface area contributed by atoms with Gasteiger partial charge in [0.25, 0.3) is 0 Å². The Morgan fingerprint density at radius 3 is 2.14 bits per heavy atom. The van der Waals surface area contributed by atoms with Crippen molar-refractivity contribution in [2.45, 2.75) is 83.0 Å². The fourth-order valence-corrected chi connectivity index (χ4v) is 4.21. The van der Waals surface area contributed by atoms with Crippen LogP contribution in [-0.4, -0.2) is 55.3 Å². The molecule has 1 aliphatic carbocycles. The van der Waals surface area contributed by atoms with Crippen LogP contribution in [0.1, 0.15) is 34.6 Å². The third-order valence-electron chi connectivity index (χ3n) is 5.13. The van der Waals surface area contributed by atoms with Crippen molar-refractivity contribution < 1.29 is 24.1 Å². The molecule has 1 saturated carbocycles. The van der Waals surface area contributed by atoms with Crippen LogP contribution in [0, 0.1) is 5.92 Å². The summed E-state index contributed by atoms with van der Waals surface area (Å²) < 4.78 is 18.2. The van der Waals surface area contributed by atoms with Crippen molar-refractivity contribution in [2.24, 2.45) is 5.92 Å². The summed E-state index contributed by atoms with van der Waals surface area (Å²) in [6, 6.07) is 0. The van der Waals surface area contributed by atoms with E-state index in [1.807, 2.05) is 13.8 Å². The predicted octanol–water partition coefficient (Wildman–Crippen LogP) is 1.88. The lowest BCUT2D eigenvalue weighted by atomic mass is 10.1. The van der Waals surface area contributed by atoms with Gasteiger partial charge in [0.05, 0.1) is 18.8 Å². The van der Waals surface area contributed by atoms with Gasteiger partial charge in [-0.05, 0) is 32.0 Å². The molecule has 0 bridgehead atoms. The summed E-state index contributed by atoms with van der Waals surface area (Å²) in [5.41, 5.74) is 0. The van der Waals surface area contributed by atoms with Crippen molar-refractivity contribution in [3.63, 3.8) is 0 Å². The lowest BCUT2D eigenvalue weighted by Gasteiger charge is -2.40.